The SMILES string of the molecule is CC(C)n1c(-c2cnn3ccncc23)n[nH]c1=S. The molecule has 3 heterocycles. The second-order valence-corrected chi connectivity index (χ2v) is 4.67. The van der Waals surface area contributed by atoms with Crippen molar-refractivity contribution in [2.75, 3.05) is 0 Å². The predicted octanol–water partition coefficient (Wildman–Crippen LogP) is 2.23. The highest BCUT2D eigenvalue weighted by Crippen LogP contribution is 2.24. The molecule has 92 valence electrons. The molecule has 1 N–H and O–H groups in total. The van der Waals surface area contributed by atoms with Gasteiger partial charge in [-0.05, 0) is 26.1 Å². The van der Waals surface area contributed by atoms with E-state index in [9.17, 15) is 0 Å². The number of hydrogen-bond acceptors (Lipinski definition) is 4. The van der Waals surface area contributed by atoms with Gasteiger partial charge in [0.1, 0.15) is 0 Å². The van der Waals surface area contributed by atoms with E-state index in [0.29, 0.717) is 4.77 Å². The van der Waals surface area contributed by atoms with Crippen LogP contribution in [-0.4, -0.2) is 29.4 Å². The van der Waals surface area contributed by atoms with Gasteiger partial charge in [-0.25, -0.2) is 4.52 Å². The van der Waals surface area contributed by atoms with Crippen LogP contribution in [0.1, 0.15) is 19.9 Å². The summed E-state index contributed by atoms with van der Waals surface area (Å²) >= 11 is 5.25. The Labute approximate surface area is 108 Å². The van der Waals surface area contributed by atoms with Crippen LogP contribution in [0.5, 0.6) is 0 Å². The summed E-state index contributed by atoms with van der Waals surface area (Å²) in [5.74, 6) is 0.790. The normalized spacial score (nSPS) is 11.5. The fraction of sp³-hybridized carbons (Fsp3) is 0.273. The van der Waals surface area contributed by atoms with Crippen molar-refractivity contribution in [2.24, 2.45) is 0 Å². The molecule has 0 radical (unpaired) electrons. The third kappa shape index (κ3) is 1.55. The molecule has 0 saturated carbocycles. The molecule has 0 aliphatic heterocycles. The zero-order chi connectivity index (χ0) is 12.7. The molecular formula is C11H12N6S. The van der Waals surface area contributed by atoms with E-state index in [0.717, 1.165) is 16.9 Å². The van der Waals surface area contributed by atoms with Gasteiger partial charge in [-0.2, -0.15) is 10.2 Å². The second-order valence-electron chi connectivity index (χ2n) is 4.28. The van der Waals surface area contributed by atoms with Crippen LogP contribution in [-0.2, 0) is 0 Å². The number of fused-ring (bicyclic) bond motifs is 1. The van der Waals surface area contributed by atoms with E-state index in [1.165, 1.54) is 0 Å². The quantitative estimate of drug-likeness (QED) is 0.718. The van der Waals surface area contributed by atoms with Crippen molar-refractivity contribution in [1.29, 1.82) is 0 Å². The van der Waals surface area contributed by atoms with Crippen LogP contribution in [0.3, 0.4) is 0 Å². The third-order valence-electron chi connectivity index (χ3n) is 2.79. The smallest absolute Gasteiger partial charge is 0.195 e. The summed E-state index contributed by atoms with van der Waals surface area (Å²) in [5, 5.41) is 11.4. The highest BCUT2D eigenvalue weighted by Gasteiger charge is 2.15. The van der Waals surface area contributed by atoms with Crippen LogP contribution in [0.15, 0.2) is 24.8 Å². The lowest BCUT2D eigenvalue weighted by atomic mass is 10.2. The van der Waals surface area contributed by atoms with Crippen molar-refractivity contribution < 1.29 is 0 Å². The lowest BCUT2D eigenvalue weighted by Gasteiger charge is -2.09. The summed E-state index contributed by atoms with van der Waals surface area (Å²) in [6.45, 7) is 4.14. The van der Waals surface area contributed by atoms with E-state index in [1.54, 1.807) is 29.3 Å². The highest BCUT2D eigenvalue weighted by atomic mass is 32.1. The van der Waals surface area contributed by atoms with Crippen LogP contribution in [0.4, 0.5) is 0 Å². The molecule has 0 unspecified atom stereocenters. The highest BCUT2D eigenvalue weighted by molar-refractivity contribution is 7.71. The molecule has 18 heavy (non-hydrogen) atoms. The van der Waals surface area contributed by atoms with Gasteiger partial charge in [-0.15, -0.1) is 0 Å². The van der Waals surface area contributed by atoms with Gasteiger partial charge >= 0.3 is 0 Å². The molecule has 0 atom stereocenters. The topological polar surface area (TPSA) is 63.8 Å². The van der Waals surface area contributed by atoms with Crippen LogP contribution in [0.2, 0.25) is 0 Å². The predicted molar refractivity (Wildman–Crippen MR) is 69.8 cm³/mol. The number of nitrogens with zero attached hydrogens (tertiary/aromatic N) is 5. The molecule has 0 spiro atoms. The Bertz CT molecular complexity index is 750. The van der Waals surface area contributed by atoms with E-state index in [2.05, 4.69) is 34.1 Å². The minimum absolute atomic E-state index is 0.234. The van der Waals surface area contributed by atoms with E-state index < -0.39 is 0 Å². The van der Waals surface area contributed by atoms with Crippen molar-refractivity contribution in [1.82, 2.24) is 29.4 Å². The molecule has 0 bridgehead atoms. The fourth-order valence-corrected chi connectivity index (χ4v) is 2.32. The second kappa shape index (κ2) is 4.02. The first kappa shape index (κ1) is 11.1. The van der Waals surface area contributed by atoms with Gasteiger partial charge in [0.05, 0.1) is 23.5 Å². The van der Waals surface area contributed by atoms with Gasteiger partial charge in [-0.1, -0.05) is 0 Å². The Hall–Kier alpha value is -2.02. The average Bonchev–Trinajstić information content (AvgIpc) is 2.92. The van der Waals surface area contributed by atoms with E-state index in [-0.39, 0.29) is 6.04 Å². The maximum atomic E-state index is 5.25. The molecule has 6 nitrogen and oxygen atoms in total. The number of rotatable bonds is 2. The molecule has 0 saturated heterocycles. The van der Waals surface area contributed by atoms with E-state index >= 15 is 0 Å². The monoisotopic (exact) mass is 260 g/mol. The lowest BCUT2D eigenvalue weighted by molar-refractivity contribution is 0.597. The van der Waals surface area contributed by atoms with Crippen molar-refractivity contribution in [2.45, 2.75) is 19.9 Å². The van der Waals surface area contributed by atoms with Gasteiger partial charge in [0.2, 0.25) is 0 Å². The van der Waals surface area contributed by atoms with Crippen LogP contribution in [0.25, 0.3) is 16.9 Å². The molecule has 0 amide bonds. The van der Waals surface area contributed by atoms with E-state index in [1.807, 2.05) is 4.57 Å². The Balaban J connectivity index is 2.30. The molecule has 0 aliphatic rings. The molecular weight excluding hydrogens is 248 g/mol. The first-order valence-corrected chi connectivity index (χ1v) is 6.04. The number of nitrogens with one attached hydrogen (secondary N) is 1. The summed E-state index contributed by atoms with van der Waals surface area (Å²) in [6.07, 6.45) is 7.05. The first-order valence-electron chi connectivity index (χ1n) is 5.63. The Morgan fingerprint density at radius 3 is 2.94 bits per heavy atom. The summed E-state index contributed by atoms with van der Waals surface area (Å²) in [5.41, 5.74) is 1.83. The third-order valence-corrected chi connectivity index (χ3v) is 3.07. The molecule has 3 aromatic rings. The Kier molecular flexibility index (Phi) is 2.48. The summed E-state index contributed by atoms with van der Waals surface area (Å²) in [7, 11) is 0. The molecule has 7 heteroatoms. The van der Waals surface area contributed by atoms with Gasteiger partial charge in [0, 0.05) is 18.4 Å². The lowest BCUT2D eigenvalue weighted by Crippen LogP contribution is -2.03. The van der Waals surface area contributed by atoms with Crippen LogP contribution < -0.4 is 0 Å². The summed E-state index contributed by atoms with van der Waals surface area (Å²) in [4.78, 5) is 4.12. The zero-order valence-electron chi connectivity index (χ0n) is 10.0. The molecule has 3 aromatic heterocycles. The Morgan fingerprint density at radius 1 is 1.33 bits per heavy atom. The maximum absolute atomic E-state index is 5.25. The van der Waals surface area contributed by atoms with Gasteiger partial charge in [0.25, 0.3) is 0 Å². The fourth-order valence-electron chi connectivity index (χ4n) is 1.98. The van der Waals surface area contributed by atoms with Crippen LogP contribution in [0, 0.1) is 4.77 Å². The molecule has 0 aromatic carbocycles. The van der Waals surface area contributed by atoms with Crippen molar-refractivity contribution in [3.63, 3.8) is 0 Å². The number of aromatic amines is 1. The maximum Gasteiger partial charge on any atom is 0.195 e. The standard InChI is InChI=1S/C11H12N6S/c1-7(2)17-10(14-15-11(17)18)8-5-13-16-4-3-12-6-9(8)16/h3-7H,1-2H3,(H,15,18). The molecule has 3 rings (SSSR count). The minimum atomic E-state index is 0.234. The van der Waals surface area contributed by atoms with Gasteiger partial charge < -0.3 is 0 Å². The Morgan fingerprint density at radius 2 is 2.17 bits per heavy atom. The van der Waals surface area contributed by atoms with E-state index in [4.69, 9.17) is 12.2 Å². The average molecular weight is 260 g/mol. The number of hydrogen-bond donors (Lipinski definition) is 1. The number of aromatic nitrogens is 6. The molecule has 0 aliphatic carbocycles. The number of H-pyrrole nitrogens is 1. The largest absolute Gasteiger partial charge is 0.297 e. The van der Waals surface area contributed by atoms with Crippen LogP contribution >= 0.6 is 12.2 Å². The van der Waals surface area contributed by atoms with Gasteiger partial charge in [-0.3, -0.25) is 14.6 Å². The summed E-state index contributed by atoms with van der Waals surface area (Å²) < 4.78 is 4.35. The minimum Gasteiger partial charge on any atom is -0.297 e. The van der Waals surface area contributed by atoms with Crippen molar-refractivity contribution in [3.05, 3.63) is 29.6 Å². The first-order chi connectivity index (χ1) is 8.68. The van der Waals surface area contributed by atoms with Crippen molar-refractivity contribution >= 4 is 17.7 Å². The molecule has 0 fully saturated rings. The van der Waals surface area contributed by atoms with Gasteiger partial charge in [0.15, 0.2) is 10.6 Å². The zero-order valence-corrected chi connectivity index (χ0v) is 10.8. The van der Waals surface area contributed by atoms with Crippen molar-refractivity contribution in [3.8, 4) is 11.4 Å². The summed E-state index contributed by atoms with van der Waals surface area (Å²) in [6, 6.07) is 0.234.